The highest BCUT2D eigenvalue weighted by molar-refractivity contribution is 5.86. The predicted molar refractivity (Wildman–Crippen MR) is 119 cm³/mol. The van der Waals surface area contributed by atoms with Gasteiger partial charge < -0.3 is 4.57 Å². The number of fused-ring (bicyclic) bond motifs is 1. The quantitative estimate of drug-likeness (QED) is 0.369. The first kappa shape index (κ1) is 19.6. The number of nitrogens with zero attached hydrogens (tertiary/aromatic N) is 2. The maximum absolute atomic E-state index is 13.0. The lowest BCUT2D eigenvalue weighted by Gasteiger charge is -2.11. The molecule has 4 nitrogen and oxygen atoms in total. The third-order valence-electron chi connectivity index (χ3n) is 5.13. The van der Waals surface area contributed by atoms with Gasteiger partial charge in [0.15, 0.2) is 0 Å². The number of benzene rings is 3. The van der Waals surface area contributed by atoms with Crippen LogP contribution in [0.15, 0.2) is 77.9 Å². The summed E-state index contributed by atoms with van der Waals surface area (Å²) in [6.45, 7) is 4.08. The minimum absolute atomic E-state index is 0.147. The van der Waals surface area contributed by atoms with Crippen LogP contribution in [0.5, 0.6) is 0 Å². The highest BCUT2D eigenvalue weighted by atomic mass is 19.1. The second kappa shape index (κ2) is 8.33. The smallest absolute Gasteiger partial charge is 0.244 e. The number of carbonyl (C=O) groups excluding carboxylic acids is 1. The minimum atomic E-state index is -0.320. The molecule has 1 N–H and O–H groups in total. The first-order chi connectivity index (χ1) is 14.5. The molecule has 5 heteroatoms. The van der Waals surface area contributed by atoms with Crippen molar-refractivity contribution in [3.8, 4) is 5.69 Å². The summed E-state index contributed by atoms with van der Waals surface area (Å²) >= 11 is 0. The Morgan fingerprint density at radius 2 is 1.73 bits per heavy atom. The van der Waals surface area contributed by atoms with Crippen LogP contribution in [0, 0.1) is 19.7 Å². The largest absolute Gasteiger partial charge is 0.318 e. The Kier molecular flexibility index (Phi) is 5.44. The maximum atomic E-state index is 13.0. The highest BCUT2D eigenvalue weighted by Gasteiger charge is 2.10. The normalized spacial score (nSPS) is 11.3. The van der Waals surface area contributed by atoms with Crippen LogP contribution >= 0.6 is 0 Å². The molecule has 150 valence electrons. The molecule has 30 heavy (non-hydrogen) atoms. The number of nitrogens with one attached hydrogen (secondary N) is 1. The zero-order chi connectivity index (χ0) is 21.1. The molecular formula is C25H22FN3O. The van der Waals surface area contributed by atoms with Crippen molar-refractivity contribution in [1.29, 1.82) is 0 Å². The Hall–Kier alpha value is -3.73. The fourth-order valence-electron chi connectivity index (χ4n) is 3.63. The molecule has 0 aliphatic carbocycles. The van der Waals surface area contributed by atoms with Gasteiger partial charge in [-0.15, -0.1) is 0 Å². The lowest BCUT2D eigenvalue weighted by atomic mass is 10.1. The van der Waals surface area contributed by atoms with Crippen LogP contribution in [-0.4, -0.2) is 16.7 Å². The van der Waals surface area contributed by atoms with E-state index < -0.39 is 0 Å². The number of aromatic nitrogens is 1. The second-order valence-corrected chi connectivity index (χ2v) is 7.29. The standard InChI is InChI=1S/C25H22FN3O/c1-17-13-22(16-27-28-25(30)14-19-7-10-23(26)11-8-19)18(2)29(17)24-12-9-20-5-3-4-6-21(20)15-24/h3-13,15-16H,14H2,1-2H3,(H,28,30)/b27-16+. The Bertz CT molecular complexity index is 1240. The van der Waals surface area contributed by atoms with E-state index in [1.807, 2.05) is 32.0 Å². The predicted octanol–water partition coefficient (Wildman–Crippen LogP) is 5.08. The van der Waals surface area contributed by atoms with E-state index in [1.165, 1.54) is 22.9 Å². The van der Waals surface area contributed by atoms with Gasteiger partial charge in [-0.3, -0.25) is 4.79 Å². The van der Waals surface area contributed by atoms with Gasteiger partial charge in [-0.25, -0.2) is 9.82 Å². The van der Waals surface area contributed by atoms with E-state index in [4.69, 9.17) is 0 Å². The summed E-state index contributed by atoms with van der Waals surface area (Å²) in [7, 11) is 0. The number of aryl methyl sites for hydroxylation is 1. The molecule has 4 aromatic rings. The van der Waals surface area contributed by atoms with Gasteiger partial charge in [0.25, 0.3) is 0 Å². The van der Waals surface area contributed by atoms with E-state index in [-0.39, 0.29) is 18.1 Å². The Morgan fingerprint density at radius 1 is 1.00 bits per heavy atom. The summed E-state index contributed by atoms with van der Waals surface area (Å²) in [6, 6.07) is 22.6. The highest BCUT2D eigenvalue weighted by Crippen LogP contribution is 2.23. The van der Waals surface area contributed by atoms with Gasteiger partial charge in [-0.1, -0.05) is 42.5 Å². The molecule has 1 aromatic heterocycles. The van der Waals surface area contributed by atoms with Crippen molar-refractivity contribution >= 4 is 22.9 Å². The van der Waals surface area contributed by atoms with Crippen LogP contribution in [0.2, 0.25) is 0 Å². The first-order valence-corrected chi connectivity index (χ1v) is 9.76. The first-order valence-electron chi connectivity index (χ1n) is 9.76. The Labute approximate surface area is 174 Å². The van der Waals surface area contributed by atoms with Crippen molar-refractivity contribution in [2.24, 2.45) is 5.10 Å². The summed E-state index contributed by atoms with van der Waals surface area (Å²) in [6.07, 6.45) is 1.80. The summed E-state index contributed by atoms with van der Waals surface area (Å²) < 4.78 is 15.1. The van der Waals surface area contributed by atoms with Crippen molar-refractivity contribution < 1.29 is 9.18 Å². The third kappa shape index (κ3) is 4.15. The van der Waals surface area contributed by atoms with Crippen molar-refractivity contribution in [1.82, 2.24) is 9.99 Å². The number of rotatable bonds is 5. The molecule has 0 radical (unpaired) electrons. The van der Waals surface area contributed by atoms with E-state index in [2.05, 4.69) is 45.4 Å². The monoisotopic (exact) mass is 399 g/mol. The average Bonchev–Trinajstić information content (AvgIpc) is 3.02. The Morgan fingerprint density at radius 3 is 2.50 bits per heavy atom. The van der Waals surface area contributed by atoms with Gasteiger partial charge in [0.05, 0.1) is 12.6 Å². The van der Waals surface area contributed by atoms with E-state index in [9.17, 15) is 9.18 Å². The molecule has 4 rings (SSSR count). The van der Waals surface area contributed by atoms with E-state index in [0.29, 0.717) is 0 Å². The molecule has 0 bridgehead atoms. The third-order valence-corrected chi connectivity index (χ3v) is 5.13. The number of amides is 1. The average molecular weight is 399 g/mol. The number of hydrazone groups is 1. The fourth-order valence-corrected chi connectivity index (χ4v) is 3.63. The minimum Gasteiger partial charge on any atom is -0.318 e. The molecule has 0 atom stereocenters. The molecule has 1 amide bonds. The molecule has 0 spiro atoms. The van der Waals surface area contributed by atoms with Crippen LogP contribution in [0.4, 0.5) is 4.39 Å². The number of hydrogen-bond acceptors (Lipinski definition) is 2. The van der Waals surface area contributed by atoms with Crippen molar-refractivity contribution in [2.75, 3.05) is 0 Å². The number of carbonyl (C=O) groups is 1. The van der Waals surface area contributed by atoms with Crippen LogP contribution < -0.4 is 5.43 Å². The topological polar surface area (TPSA) is 46.4 Å². The van der Waals surface area contributed by atoms with E-state index in [0.717, 1.165) is 28.2 Å². The van der Waals surface area contributed by atoms with Gasteiger partial charge in [-0.05, 0) is 60.5 Å². The lowest BCUT2D eigenvalue weighted by Crippen LogP contribution is -2.19. The van der Waals surface area contributed by atoms with Gasteiger partial charge in [0.2, 0.25) is 5.91 Å². The van der Waals surface area contributed by atoms with E-state index >= 15 is 0 Å². The van der Waals surface area contributed by atoms with E-state index in [1.54, 1.807) is 18.3 Å². The number of halogens is 1. The molecule has 0 saturated heterocycles. The summed E-state index contributed by atoms with van der Waals surface area (Å²) in [5, 5.41) is 6.49. The Balaban J connectivity index is 1.50. The van der Waals surface area contributed by atoms with Crippen molar-refractivity contribution in [3.05, 3.63) is 101 Å². The van der Waals surface area contributed by atoms with Gasteiger partial charge >= 0.3 is 0 Å². The van der Waals surface area contributed by atoms with Gasteiger partial charge in [0, 0.05) is 22.6 Å². The molecule has 0 unspecified atom stereocenters. The van der Waals surface area contributed by atoms with Crippen LogP contribution in [0.1, 0.15) is 22.5 Å². The molecule has 0 aliphatic rings. The van der Waals surface area contributed by atoms with Crippen LogP contribution in [-0.2, 0) is 11.2 Å². The van der Waals surface area contributed by atoms with Crippen LogP contribution in [0.3, 0.4) is 0 Å². The summed E-state index contributed by atoms with van der Waals surface area (Å²) in [5.74, 6) is -0.569. The maximum Gasteiger partial charge on any atom is 0.244 e. The summed E-state index contributed by atoms with van der Waals surface area (Å²) in [4.78, 5) is 12.1. The zero-order valence-electron chi connectivity index (χ0n) is 16.9. The molecule has 1 heterocycles. The molecule has 0 fully saturated rings. The van der Waals surface area contributed by atoms with Crippen LogP contribution in [0.25, 0.3) is 16.5 Å². The molecule has 0 saturated carbocycles. The van der Waals surface area contributed by atoms with Gasteiger partial charge in [-0.2, -0.15) is 5.10 Å². The lowest BCUT2D eigenvalue weighted by molar-refractivity contribution is -0.120. The molecule has 3 aromatic carbocycles. The van der Waals surface area contributed by atoms with Gasteiger partial charge in [0.1, 0.15) is 5.82 Å². The summed E-state index contributed by atoms with van der Waals surface area (Å²) in [5.41, 5.74) is 7.42. The fraction of sp³-hybridized carbons (Fsp3) is 0.120. The number of hydrogen-bond donors (Lipinski definition) is 1. The molecule has 0 aliphatic heterocycles. The van der Waals surface area contributed by atoms with Crippen molar-refractivity contribution in [3.63, 3.8) is 0 Å². The SMILES string of the molecule is Cc1cc(/C=N/NC(=O)Cc2ccc(F)cc2)c(C)n1-c1ccc2ccccc2c1. The second-order valence-electron chi connectivity index (χ2n) is 7.29. The zero-order valence-corrected chi connectivity index (χ0v) is 16.9. The molecular weight excluding hydrogens is 377 g/mol. The van der Waals surface area contributed by atoms with Crippen molar-refractivity contribution in [2.45, 2.75) is 20.3 Å².